The molecule has 1 heterocycles. The number of nitrogens with one attached hydrogen (secondary N) is 1. The predicted octanol–water partition coefficient (Wildman–Crippen LogP) is 2.15. The average molecular weight is 309 g/mol. The van der Waals surface area contributed by atoms with Crippen LogP contribution < -0.4 is 15.0 Å². The first-order valence-electron chi connectivity index (χ1n) is 6.99. The molecule has 1 aliphatic heterocycles. The smallest absolute Gasteiger partial charge is 0.404 e. The van der Waals surface area contributed by atoms with Gasteiger partial charge < -0.3 is 20.1 Å². The van der Waals surface area contributed by atoms with E-state index >= 15 is 0 Å². The third-order valence-corrected chi connectivity index (χ3v) is 3.86. The van der Waals surface area contributed by atoms with Gasteiger partial charge in [-0.3, -0.25) is 10.1 Å². The van der Waals surface area contributed by atoms with Gasteiger partial charge in [0.2, 0.25) is 0 Å². The highest BCUT2D eigenvalue weighted by Crippen LogP contribution is 2.35. The second-order valence-corrected chi connectivity index (χ2v) is 5.28. The molecule has 0 radical (unpaired) electrons. The SMILES string of the molecule is COc1cc(N2CCC(NC(=O)O)CC2)c(C)cc1[N+](=O)[O-]. The fourth-order valence-corrected chi connectivity index (χ4v) is 2.75. The monoisotopic (exact) mass is 309 g/mol. The zero-order valence-corrected chi connectivity index (χ0v) is 12.5. The van der Waals surface area contributed by atoms with E-state index in [0.717, 1.165) is 11.3 Å². The van der Waals surface area contributed by atoms with Crippen molar-refractivity contribution in [2.45, 2.75) is 25.8 Å². The number of aryl methyl sites for hydroxylation is 1. The van der Waals surface area contributed by atoms with Gasteiger partial charge in [0.15, 0.2) is 5.75 Å². The normalized spacial score (nSPS) is 15.5. The van der Waals surface area contributed by atoms with Gasteiger partial charge in [-0.15, -0.1) is 0 Å². The van der Waals surface area contributed by atoms with E-state index in [1.165, 1.54) is 13.2 Å². The minimum Gasteiger partial charge on any atom is -0.490 e. The van der Waals surface area contributed by atoms with Crippen LogP contribution in [0.1, 0.15) is 18.4 Å². The van der Waals surface area contributed by atoms with Crippen molar-refractivity contribution in [2.24, 2.45) is 0 Å². The molecule has 0 saturated carbocycles. The molecule has 1 amide bonds. The number of carboxylic acid groups (broad SMARTS) is 1. The molecule has 2 N–H and O–H groups in total. The highest BCUT2D eigenvalue weighted by molar-refractivity contribution is 5.66. The van der Waals surface area contributed by atoms with Crippen molar-refractivity contribution in [2.75, 3.05) is 25.1 Å². The molecule has 0 spiro atoms. The summed E-state index contributed by atoms with van der Waals surface area (Å²) in [6.07, 6.45) is 0.391. The number of nitro benzene ring substituents is 1. The number of piperidine rings is 1. The van der Waals surface area contributed by atoms with Crippen molar-refractivity contribution < 1.29 is 19.6 Å². The number of amides is 1. The van der Waals surface area contributed by atoms with Crippen molar-refractivity contribution in [1.82, 2.24) is 5.32 Å². The van der Waals surface area contributed by atoms with Crippen LogP contribution in [-0.2, 0) is 0 Å². The number of hydrogen-bond donors (Lipinski definition) is 2. The quantitative estimate of drug-likeness (QED) is 0.652. The molecule has 8 nitrogen and oxygen atoms in total. The lowest BCUT2D eigenvalue weighted by atomic mass is 10.0. The minimum atomic E-state index is -1.01. The van der Waals surface area contributed by atoms with Crippen molar-refractivity contribution in [3.63, 3.8) is 0 Å². The summed E-state index contributed by atoms with van der Waals surface area (Å²) in [5, 5.41) is 22.2. The fourth-order valence-electron chi connectivity index (χ4n) is 2.75. The molecule has 8 heteroatoms. The van der Waals surface area contributed by atoms with E-state index in [1.54, 1.807) is 6.07 Å². The van der Waals surface area contributed by atoms with Crippen LogP contribution in [0.3, 0.4) is 0 Å². The average Bonchev–Trinajstić information content (AvgIpc) is 2.47. The van der Waals surface area contributed by atoms with Crippen LogP contribution in [0.4, 0.5) is 16.2 Å². The molecule has 1 aromatic carbocycles. The number of nitro groups is 1. The molecular weight excluding hydrogens is 290 g/mol. The molecule has 1 fully saturated rings. The van der Waals surface area contributed by atoms with Gasteiger partial charge in [0.25, 0.3) is 0 Å². The first-order valence-corrected chi connectivity index (χ1v) is 6.99. The summed E-state index contributed by atoms with van der Waals surface area (Å²) in [4.78, 5) is 23.3. The zero-order valence-electron chi connectivity index (χ0n) is 12.5. The van der Waals surface area contributed by atoms with E-state index in [-0.39, 0.29) is 17.5 Å². The maximum absolute atomic E-state index is 11.0. The van der Waals surface area contributed by atoms with Crippen molar-refractivity contribution in [1.29, 1.82) is 0 Å². The lowest BCUT2D eigenvalue weighted by molar-refractivity contribution is -0.385. The summed E-state index contributed by atoms with van der Waals surface area (Å²) in [5.41, 5.74) is 1.64. The number of ether oxygens (including phenoxy) is 1. The molecule has 2 rings (SSSR count). The lowest BCUT2D eigenvalue weighted by Crippen LogP contribution is -2.44. The third kappa shape index (κ3) is 3.38. The summed E-state index contributed by atoms with van der Waals surface area (Å²) in [6.45, 7) is 3.20. The lowest BCUT2D eigenvalue weighted by Gasteiger charge is -2.34. The largest absolute Gasteiger partial charge is 0.490 e. The van der Waals surface area contributed by atoms with Crippen LogP contribution in [0.2, 0.25) is 0 Å². The molecule has 0 bridgehead atoms. The Labute approximate surface area is 127 Å². The van der Waals surface area contributed by atoms with Crippen molar-refractivity contribution in [3.8, 4) is 5.75 Å². The van der Waals surface area contributed by atoms with Crippen LogP contribution in [0.15, 0.2) is 12.1 Å². The summed E-state index contributed by atoms with van der Waals surface area (Å²) in [5.74, 6) is 0.233. The number of benzene rings is 1. The standard InChI is InChI=1S/C14H19N3O5/c1-9-7-12(17(20)21)13(22-2)8-11(9)16-5-3-10(4-6-16)15-14(18)19/h7-8,10,15H,3-6H2,1-2H3,(H,18,19). The fraction of sp³-hybridized carbons (Fsp3) is 0.500. The molecule has 1 saturated heterocycles. The predicted molar refractivity (Wildman–Crippen MR) is 80.8 cm³/mol. The van der Waals surface area contributed by atoms with E-state index in [9.17, 15) is 14.9 Å². The Bertz CT molecular complexity index is 582. The molecule has 120 valence electrons. The Balaban J connectivity index is 2.16. The second kappa shape index (κ2) is 6.50. The van der Waals surface area contributed by atoms with Gasteiger partial charge in [-0.05, 0) is 25.3 Å². The Morgan fingerprint density at radius 2 is 2.09 bits per heavy atom. The zero-order chi connectivity index (χ0) is 16.3. The Morgan fingerprint density at radius 3 is 2.59 bits per heavy atom. The molecular formula is C14H19N3O5. The van der Waals surface area contributed by atoms with Gasteiger partial charge in [-0.1, -0.05) is 0 Å². The van der Waals surface area contributed by atoms with Crippen LogP contribution in [-0.4, -0.2) is 42.4 Å². The van der Waals surface area contributed by atoms with Crippen molar-refractivity contribution >= 4 is 17.5 Å². The van der Waals surface area contributed by atoms with E-state index in [0.29, 0.717) is 25.9 Å². The first-order chi connectivity index (χ1) is 10.4. The van der Waals surface area contributed by atoms with Crippen LogP contribution in [0.25, 0.3) is 0 Å². The molecule has 1 aromatic rings. The van der Waals surface area contributed by atoms with E-state index in [4.69, 9.17) is 9.84 Å². The summed E-state index contributed by atoms with van der Waals surface area (Å²) in [6, 6.07) is 3.14. The number of hydrogen-bond acceptors (Lipinski definition) is 5. The topological polar surface area (TPSA) is 105 Å². The maximum atomic E-state index is 11.0. The molecule has 22 heavy (non-hydrogen) atoms. The number of methoxy groups -OCH3 is 1. The van der Waals surface area contributed by atoms with E-state index < -0.39 is 11.0 Å². The van der Waals surface area contributed by atoms with Gasteiger partial charge in [0, 0.05) is 37.0 Å². The number of nitrogens with zero attached hydrogens (tertiary/aromatic N) is 2. The molecule has 0 unspecified atom stereocenters. The third-order valence-electron chi connectivity index (χ3n) is 3.86. The van der Waals surface area contributed by atoms with Gasteiger partial charge in [0.05, 0.1) is 12.0 Å². The highest BCUT2D eigenvalue weighted by Gasteiger charge is 2.24. The molecule has 0 aliphatic carbocycles. The molecule has 1 aliphatic rings. The minimum absolute atomic E-state index is 0.0472. The summed E-state index contributed by atoms with van der Waals surface area (Å²) >= 11 is 0. The Kier molecular flexibility index (Phi) is 4.69. The first kappa shape index (κ1) is 15.9. The Morgan fingerprint density at radius 1 is 1.45 bits per heavy atom. The maximum Gasteiger partial charge on any atom is 0.404 e. The van der Waals surface area contributed by atoms with Gasteiger partial charge >= 0.3 is 11.8 Å². The van der Waals surface area contributed by atoms with Crippen LogP contribution in [0.5, 0.6) is 5.75 Å². The van der Waals surface area contributed by atoms with Crippen LogP contribution in [0, 0.1) is 17.0 Å². The van der Waals surface area contributed by atoms with Gasteiger partial charge in [0.1, 0.15) is 0 Å². The van der Waals surface area contributed by atoms with E-state index in [1.807, 2.05) is 6.92 Å². The van der Waals surface area contributed by atoms with Gasteiger partial charge in [-0.25, -0.2) is 4.79 Å². The van der Waals surface area contributed by atoms with Crippen molar-refractivity contribution in [3.05, 3.63) is 27.8 Å². The number of anilines is 1. The van der Waals surface area contributed by atoms with Gasteiger partial charge in [-0.2, -0.15) is 0 Å². The summed E-state index contributed by atoms with van der Waals surface area (Å²) < 4.78 is 5.11. The van der Waals surface area contributed by atoms with E-state index in [2.05, 4.69) is 10.2 Å². The summed E-state index contributed by atoms with van der Waals surface area (Å²) in [7, 11) is 1.41. The molecule has 0 atom stereocenters. The second-order valence-electron chi connectivity index (χ2n) is 5.28. The number of carbonyl (C=O) groups is 1. The Hall–Kier alpha value is -2.51. The number of rotatable bonds is 4. The van der Waals surface area contributed by atoms with Crippen LogP contribution >= 0.6 is 0 Å². The highest BCUT2D eigenvalue weighted by atomic mass is 16.6. The molecule has 0 aromatic heterocycles.